The summed E-state index contributed by atoms with van der Waals surface area (Å²) >= 11 is 0. The largest absolute Gasteiger partial charge is 0.419 e. The van der Waals surface area contributed by atoms with E-state index < -0.39 is 30.1 Å². The zero-order valence-electron chi connectivity index (χ0n) is 14.3. The van der Waals surface area contributed by atoms with Crippen LogP contribution in [0.25, 0.3) is 0 Å². The summed E-state index contributed by atoms with van der Waals surface area (Å²) in [4.78, 5) is 7.22. The number of aliphatic hydroxyl groups excluding tert-OH is 3. The number of rotatable bonds is 3. The van der Waals surface area contributed by atoms with E-state index in [0.717, 1.165) is 19.0 Å². The molecule has 0 amide bonds. The Labute approximate surface area is 149 Å². The Balaban J connectivity index is 1.67. The number of anilines is 1. The number of hydrogen-bond donors (Lipinski definition) is 3. The Bertz CT molecular complexity index is 604. The van der Waals surface area contributed by atoms with Crippen LogP contribution in [0.15, 0.2) is 18.5 Å². The lowest BCUT2D eigenvalue weighted by molar-refractivity contribution is -0.137. The smallest absolute Gasteiger partial charge is 0.389 e. The van der Waals surface area contributed by atoms with Crippen LogP contribution in [0.2, 0.25) is 0 Å². The number of alkyl halides is 3. The molecular weight excluding hydrogens is 351 g/mol. The highest BCUT2D eigenvalue weighted by Gasteiger charge is 2.37. The topological polar surface area (TPSA) is 80.1 Å². The average molecular weight is 375 g/mol. The molecule has 3 N–H and O–H groups in total. The molecule has 0 radical (unpaired) electrons. The number of halogens is 3. The van der Waals surface area contributed by atoms with Crippen molar-refractivity contribution >= 4 is 5.69 Å². The maximum absolute atomic E-state index is 13.2. The summed E-state index contributed by atoms with van der Waals surface area (Å²) in [6.45, 7) is 2.07. The van der Waals surface area contributed by atoms with Crippen LogP contribution < -0.4 is 4.90 Å². The van der Waals surface area contributed by atoms with E-state index in [0.29, 0.717) is 19.6 Å². The van der Waals surface area contributed by atoms with Crippen molar-refractivity contribution in [3.63, 3.8) is 0 Å². The number of aliphatic hydroxyl groups is 3. The fraction of sp³-hybridized carbons (Fsp3) is 0.706. The van der Waals surface area contributed by atoms with Gasteiger partial charge in [0.05, 0.1) is 23.5 Å². The molecule has 2 aliphatic heterocycles. The average Bonchev–Trinajstić information content (AvgIpc) is 2.59. The van der Waals surface area contributed by atoms with Crippen molar-refractivity contribution in [1.82, 2.24) is 9.88 Å². The standard InChI is InChI=1S/C17H24F3N3O3/c18-17(19,20)12-6-21-4-3-13(12)23-5-1-2-11(8-23)7-22-9-14(24)16(26)15(25)10-22/h3-4,6,11,14-16,24-26H,1-2,5,7-10H2/t11-,14-,15+,16?/m1/s1. The van der Waals surface area contributed by atoms with Gasteiger partial charge in [0.1, 0.15) is 6.10 Å². The van der Waals surface area contributed by atoms with Gasteiger partial charge in [-0.15, -0.1) is 0 Å². The maximum Gasteiger partial charge on any atom is 0.419 e. The minimum absolute atomic E-state index is 0.118. The Kier molecular flexibility index (Phi) is 5.71. The molecule has 0 bridgehead atoms. The van der Waals surface area contributed by atoms with E-state index in [1.807, 2.05) is 4.90 Å². The third-order valence-electron chi connectivity index (χ3n) is 5.16. The van der Waals surface area contributed by atoms with Crippen molar-refractivity contribution in [2.45, 2.75) is 37.3 Å². The number of pyridine rings is 1. The summed E-state index contributed by atoms with van der Waals surface area (Å²) < 4.78 is 39.7. The van der Waals surface area contributed by atoms with Gasteiger partial charge in [-0.2, -0.15) is 13.2 Å². The van der Waals surface area contributed by atoms with E-state index in [2.05, 4.69) is 4.98 Å². The molecule has 1 aromatic heterocycles. The lowest BCUT2D eigenvalue weighted by atomic mass is 9.94. The lowest BCUT2D eigenvalue weighted by Gasteiger charge is -2.41. The lowest BCUT2D eigenvalue weighted by Crippen LogP contribution is -2.56. The molecule has 2 aliphatic rings. The van der Waals surface area contributed by atoms with Gasteiger partial charge in [-0.3, -0.25) is 9.88 Å². The van der Waals surface area contributed by atoms with Gasteiger partial charge in [0.15, 0.2) is 0 Å². The molecule has 0 saturated carbocycles. The molecule has 1 unspecified atom stereocenters. The van der Waals surface area contributed by atoms with Gasteiger partial charge >= 0.3 is 6.18 Å². The summed E-state index contributed by atoms with van der Waals surface area (Å²) in [5.74, 6) is 0.118. The molecular formula is C17H24F3N3O3. The van der Waals surface area contributed by atoms with E-state index in [-0.39, 0.29) is 24.7 Å². The number of likely N-dealkylation sites (tertiary alicyclic amines) is 1. The Morgan fingerprint density at radius 2 is 1.81 bits per heavy atom. The first-order valence-corrected chi connectivity index (χ1v) is 8.78. The SMILES string of the molecule is OC1[C@H](O)CN(C[C@H]2CCCN(c3ccncc3C(F)(F)F)C2)C[C@@H]1O. The van der Waals surface area contributed by atoms with Crippen molar-refractivity contribution in [1.29, 1.82) is 0 Å². The van der Waals surface area contributed by atoms with Crippen LogP contribution in [-0.4, -0.2) is 76.2 Å². The molecule has 0 aliphatic carbocycles. The van der Waals surface area contributed by atoms with Gasteiger partial charge in [-0.05, 0) is 24.8 Å². The van der Waals surface area contributed by atoms with Crippen molar-refractivity contribution in [3.05, 3.63) is 24.0 Å². The predicted molar refractivity (Wildman–Crippen MR) is 88.6 cm³/mol. The first-order chi connectivity index (χ1) is 12.3. The van der Waals surface area contributed by atoms with Crippen molar-refractivity contribution in [2.24, 2.45) is 5.92 Å². The van der Waals surface area contributed by atoms with Gasteiger partial charge in [0.25, 0.3) is 0 Å². The third kappa shape index (κ3) is 4.28. The second kappa shape index (κ2) is 7.67. The van der Waals surface area contributed by atoms with Crippen LogP contribution in [0.5, 0.6) is 0 Å². The molecule has 2 saturated heterocycles. The van der Waals surface area contributed by atoms with E-state index in [9.17, 15) is 28.5 Å². The summed E-state index contributed by atoms with van der Waals surface area (Å²) in [6, 6.07) is 1.40. The molecule has 0 spiro atoms. The van der Waals surface area contributed by atoms with Crippen LogP contribution in [0.3, 0.4) is 0 Å². The van der Waals surface area contributed by atoms with Gasteiger partial charge in [-0.1, -0.05) is 0 Å². The van der Waals surface area contributed by atoms with E-state index in [1.165, 1.54) is 12.3 Å². The van der Waals surface area contributed by atoms with Crippen LogP contribution in [0, 0.1) is 5.92 Å². The van der Waals surface area contributed by atoms with Crippen molar-refractivity contribution in [3.8, 4) is 0 Å². The summed E-state index contributed by atoms with van der Waals surface area (Å²) in [5.41, 5.74) is -0.584. The van der Waals surface area contributed by atoms with Crippen LogP contribution in [-0.2, 0) is 6.18 Å². The normalized spacial score (nSPS) is 31.2. The second-order valence-corrected chi connectivity index (χ2v) is 7.19. The van der Waals surface area contributed by atoms with E-state index in [1.54, 1.807) is 4.90 Å². The van der Waals surface area contributed by atoms with Crippen LogP contribution in [0.4, 0.5) is 18.9 Å². The Morgan fingerprint density at radius 3 is 2.46 bits per heavy atom. The number of β-amino-alcohol motifs (C(OH)–C–C–N with tert-alkyl or cyclic N) is 2. The van der Waals surface area contributed by atoms with Crippen molar-refractivity contribution < 1.29 is 28.5 Å². The number of piperidine rings is 2. The molecule has 146 valence electrons. The molecule has 4 atom stereocenters. The van der Waals surface area contributed by atoms with E-state index in [4.69, 9.17) is 0 Å². The molecule has 2 fully saturated rings. The van der Waals surface area contributed by atoms with Gasteiger partial charge < -0.3 is 20.2 Å². The van der Waals surface area contributed by atoms with Gasteiger partial charge in [0.2, 0.25) is 0 Å². The second-order valence-electron chi connectivity index (χ2n) is 7.19. The summed E-state index contributed by atoms with van der Waals surface area (Å²) in [6.07, 6.45) is -3.77. The number of aromatic nitrogens is 1. The first-order valence-electron chi connectivity index (χ1n) is 8.78. The molecule has 1 aromatic rings. The molecule has 3 rings (SSSR count). The molecule has 3 heterocycles. The summed E-state index contributed by atoms with van der Waals surface area (Å²) in [5, 5.41) is 29.2. The third-order valence-corrected chi connectivity index (χ3v) is 5.16. The minimum atomic E-state index is -4.45. The fourth-order valence-corrected chi connectivity index (χ4v) is 3.90. The molecule has 0 aromatic carbocycles. The zero-order valence-corrected chi connectivity index (χ0v) is 14.3. The molecule has 9 heteroatoms. The minimum Gasteiger partial charge on any atom is -0.389 e. The maximum atomic E-state index is 13.2. The molecule has 26 heavy (non-hydrogen) atoms. The Morgan fingerprint density at radius 1 is 1.12 bits per heavy atom. The quantitative estimate of drug-likeness (QED) is 0.722. The first kappa shape index (κ1) is 19.3. The molecule has 6 nitrogen and oxygen atoms in total. The zero-order chi connectivity index (χ0) is 18.9. The highest BCUT2D eigenvalue weighted by atomic mass is 19.4. The van der Waals surface area contributed by atoms with Gasteiger partial charge in [0, 0.05) is 45.1 Å². The fourth-order valence-electron chi connectivity index (χ4n) is 3.90. The monoisotopic (exact) mass is 375 g/mol. The van der Waals surface area contributed by atoms with Crippen molar-refractivity contribution in [2.75, 3.05) is 37.6 Å². The van der Waals surface area contributed by atoms with Crippen LogP contribution in [0.1, 0.15) is 18.4 Å². The number of hydrogen-bond acceptors (Lipinski definition) is 6. The van der Waals surface area contributed by atoms with E-state index >= 15 is 0 Å². The Hall–Kier alpha value is -1.42. The van der Waals surface area contributed by atoms with Gasteiger partial charge in [-0.25, -0.2) is 0 Å². The number of nitrogens with zero attached hydrogens (tertiary/aromatic N) is 3. The predicted octanol–water partition coefficient (Wildman–Crippen LogP) is 0.715. The van der Waals surface area contributed by atoms with Crippen LogP contribution >= 0.6 is 0 Å². The highest BCUT2D eigenvalue weighted by molar-refractivity contribution is 5.54. The highest BCUT2D eigenvalue weighted by Crippen LogP contribution is 2.37. The summed E-state index contributed by atoms with van der Waals surface area (Å²) in [7, 11) is 0.